The maximum atomic E-state index is 5.21. The molecule has 0 bridgehead atoms. The molecule has 1 fully saturated rings. The second kappa shape index (κ2) is 6.47. The van der Waals surface area contributed by atoms with Crippen molar-refractivity contribution in [2.75, 3.05) is 46.9 Å². The van der Waals surface area contributed by atoms with E-state index < -0.39 is 0 Å². The number of hydrogen-bond acceptors (Lipinski definition) is 5. The molecule has 0 radical (unpaired) electrons. The lowest BCUT2D eigenvalue weighted by Gasteiger charge is -2.32. The lowest BCUT2D eigenvalue weighted by atomic mass is 10.3. The number of likely N-dealkylation sites (N-methyl/N-ethyl adjacent to an activating group) is 1. The van der Waals surface area contributed by atoms with Crippen LogP contribution in [-0.4, -0.2) is 62.8 Å². The Kier molecular flexibility index (Phi) is 5.24. The highest BCUT2D eigenvalue weighted by atomic mass is 16.6. The second-order valence-electron chi connectivity index (χ2n) is 3.80. The van der Waals surface area contributed by atoms with Gasteiger partial charge in [-0.2, -0.15) is 10.9 Å². The van der Waals surface area contributed by atoms with Gasteiger partial charge in [0, 0.05) is 33.3 Å². The topological polar surface area (TPSA) is 63.3 Å². The zero-order chi connectivity index (χ0) is 12.0. The molecule has 0 aromatic rings. The standard InChI is InChI=1S/C10H20N4O2/c1-9(8-15-3)12-10(16-11)14-6-4-13(2)5-7-14/h1,4-8,11H2,2-3H3. The fourth-order valence-corrected chi connectivity index (χ4v) is 1.50. The van der Waals surface area contributed by atoms with E-state index in [0.717, 1.165) is 26.2 Å². The molecule has 0 amide bonds. The molecule has 92 valence electrons. The lowest BCUT2D eigenvalue weighted by Crippen LogP contribution is -2.48. The van der Waals surface area contributed by atoms with Crippen molar-refractivity contribution in [3.8, 4) is 0 Å². The van der Waals surface area contributed by atoms with Crippen molar-refractivity contribution in [1.29, 1.82) is 0 Å². The van der Waals surface area contributed by atoms with Crippen molar-refractivity contribution in [2.45, 2.75) is 0 Å². The molecule has 1 rings (SSSR count). The minimum absolute atomic E-state index is 0.376. The average Bonchev–Trinajstić information content (AvgIpc) is 2.27. The van der Waals surface area contributed by atoms with Crippen LogP contribution in [0.5, 0.6) is 0 Å². The fraction of sp³-hybridized carbons (Fsp3) is 0.700. The van der Waals surface area contributed by atoms with Crippen molar-refractivity contribution in [3.05, 3.63) is 12.3 Å². The van der Waals surface area contributed by atoms with Crippen LogP contribution in [0.25, 0.3) is 0 Å². The van der Waals surface area contributed by atoms with E-state index in [-0.39, 0.29) is 0 Å². The zero-order valence-corrected chi connectivity index (χ0v) is 9.98. The molecular formula is C10H20N4O2. The second-order valence-corrected chi connectivity index (χ2v) is 3.80. The highest BCUT2D eigenvalue weighted by Crippen LogP contribution is 2.03. The van der Waals surface area contributed by atoms with Crippen molar-refractivity contribution < 1.29 is 9.57 Å². The summed E-state index contributed by atoms with van der Waals surface area (Å²) in [6, 6.07) is 0.412. The van der Waals surface area contributed by atoms with Crippen LogP contribution in [0, 0.1) is 0 Å². The quantitative estimate of drug-likeness (QED) is 0.406. The minimum atomic E-state index is 0.376. The zero-order valence-electron chi connectivity index (χ0n) is 9.98. The highest BCUT2D eigenvalue weighted by Gasteiger charge is 2.18. The third kappa shape index (κ3) is 3.80. The maximum absolute atomic E-state index is 5.21. The van der Waals surface area contributed by atoms with Crippen LogP contribution < -0.4 is 5.90 Å². The number of piperazine rings is 1. The molecule has 1 aliphatic rings. The predicted molar refractivity (Wildman–Crippen MR) is 62.8 cm³/mol. The number of ether oxygens (including phenoxy) is 1. The van der Waals surface area contributed by atoms with Gasteiger partial charge in [0.1, 0.15) is 0 Å². The van der Waals surface area contributed by atoms with Gasteiger partial charge < -0.3 is 19.4 Å². The Morgan fingerprint density at radius 3 is 2.50 bits per heavy atom. The van der Waals surface area contributed by atoms with E-state index in [4.69, 9.17) is 15.5 Å². The summed E-state index contributed by atoms with van der Waals surface area (Å²) in [7, 11) is 3.68. The number of aliphatic imine (C=N–C) groups is 1. The normalized spacial score (nSPS) is 18.7. The van der Waals surface area contributed by atoms with Crippen LogP contribution in [-0.2, 0) is 9.57 Å². The molecule has 0 saturated carbocycles. The monoisotopic (exact) mass is 228 g/mol. The van der Waals surface area contributed by atoms with E-state index in [9.17, 15) is 0 Å². The Labute approximate surface area is 96.3 Å². The van der Waals surface area contributed by atoms with Crippen LogP contribution in [0.15, 0.2) is 17.3 Å². The average molecular weight is 228 g/mol. The Morgan fingerprint density at radius 2 is 2.00 bits per heavy atom. The van der Waals surface area contributed by atoms with Gasteiger partial charge in [0.05, 0.1) is 12.3 Å². The van der Waals surface area contributed by atoms with E-state index in [1.807, 2.05) is 4.90 Å². The SMILES string of the molecule is C=C(COC)N=C(ON)N1CCN(C)CC1. The maximum Gasteiger partial charge on any atom is 0.312 e. The molecule has 0 atom stereocenters. The summed E-state index contributed by atoms with van der Waals surface area (Å²) in [4.78, 5) is 13.2. The molecule has 6 heteroatoms. The molecule has 0 aromatic carbocycles. The molecule has 6 nitrogen and oxygen atoms in total. The predicted octanol–water partition coefficient (Wildman–Crippen LogP) is -0.360. The molecule has 1 heterocycles. The van der Waals surface area contributed by atoms with Gasteiger partial charge in [-0.05, 0) is 7.05 Å². The number of methoxy groups -OCH3 is 1. The van der Waals surface area contributed by atoms with Crippen LogP contribution in [0.2, 0.25) is 0 Å². The summed E-state index contributed by atoms with van der Waals surface area (Å²) < 4.78 is 4.92. The number of nitrogens with two attached hydrogens (primary N) is 1. The summed E-state index contributed by atoms with van der Waals surface area (Å²) in [5.41, 5.74) is 0.599. The molecular weight excluding hydrogens is 208 g/mol. The van der Waals surface area contributed by atoms with Crippen molar-refractivity contribution >= 4 is 6.02 Å². The van der Waals surface area contributed by atoms with E-state index >= 15 is 0 Å². The van der Waals surface area contributed by atoms with Gasteiger partial charge >= 0.3 is 6.02 Å². The Balaban J connectivity index is 2.56. The Morgan fingerprint density at radius 1 is 1.38 bits per heavy atom. The van der Waals surface area contributed by atoms with E-state index in [0.29, 0.717) is 18.3 Å². The van der Waals surface area contributed by atoms with E-state index in [2.05, 4.69) is 23.5 Å². The van der Waals surface area contributed by atoms with Gasteiger partial charge in [-0.25, -0.2) is 0 Å². The molecule has 1 saturated heterocycles. The molecule has 0 aromatic heterocycles. The van der Waals surface area contributed by atoms with Crippen LogP contribution in [0.1, 0.15) is 0 Å². The van der Waals surface area contributed by atoms with Gasteiger partial charge in [-0.3, -0.25) is 0 Å². The van der Waals surface area contributed by atoms with Crippen molar-refractivity contribution in [3.63, 3.8) is 0 Å². The number of hydrogen-bond donors (Lipinski definition) is 1. The largest absolute Gasteiger partial charge is 0.378 e. The van der Waals surface area contributed by atoms with E-state index in [1.54, 1.807) is 7.11 Å². The van der Waals surface area contributed by atoms with Crippen LogP contribution in [0.3, 0.4) is 0 Å². The molecule has 2 N–H and O–H groups in total. The fourth-order valence-electron chi connectivity index (χ4n) is 1.50. The van der Waals surface area contributed by atoms with Gasteiger partial charge in [-0.15, -0.1) is 0 Å². The van der Waals surface area contributed by atoms with Gasteiger partial charge in [0.25, 0.3) is 0 Å². The van der Waals surface area contributed by atoms with Gasteiger partial charge in [0.2, 0.25) is 0 Å². The van der Waals surface area contributed by atoms with Crippen molar-refractivity contribution in [1.82, 2.24) is 9.80 Å². The summed E-state index contributed by atoms with van der Waals surface area (Å²) >= 11 is 0. The third-order valence-electron chi connectivity index (χ3n) is 2.44. The first-order chi connectivity index (χ1) is 7.67. The molecule has 16 heavy (non-hydrogen) atoms. The molecule has 0 spiro atoms. The van der Waals surface area contributed by atoms with Gasteiger partial charge in [-0.1, -0.05) is 6.58 Å². The summed E-state index contributed by atoms with van der Waals surface area (Å²) in [6.45, 7) is 7.78. The van der Waals surface area contributed by atoms with Crippen LogP contribution >= 0.6 is 0 Å². The van der Waals surface area contributed by atoms with Crippen molar-refractivity contribution in [2.24, 2.45) is 10.9 Å². The third-order valence-corrected chi connectivity index (χ3v) is 2.44. The Hall–Kier alpha value is -1.11. The number of amidine groups is 1. The number of nitrogens with zero attached hydrogens (tertiary/aromatic N) is 3. The van der Waals surface area contributed by atoms with E-state index in [1.165, 1.54) is 0 Å². The molecule has 0 aliphatic carbocycles. The summed E-state index contributed by atoms with van der Waals surface area (Å²) in [5, 5.41) is 0. The first kappa shape index (κ1) is 13.0. The Bertz CT molecular complexity index is 260. The number of rotatable bonds is 3. The van der Waals surface area contributed by atoms with Gasteiger partial charge in [0.15, 0.2) is 0 Å². The molecule has 0 unspecified atom stereocenters. The lowest BCUT2D eigenvalue weighted by molar-refractivity contribution is 0.167. The molecule has 1 aliphatic heterocycles. The highest BCUT2D eigenvalue weighted by molar-refractivity contribution is 5.74. The smallest absolute Gasteiger partial charge is 0.312 e. The minimum Gasteiger partial charge on any atom is -0.378 e. The first-order valence-electron chi connectivity index (χ1n) is 5.23. The first-order valence-corrected chi connectivity index (χ1v) is 5.23. The summed E-state index contributed by atoms with van der Waals surface area (Å²) in [5.74, 6) is 5.21. The summed E-state index contributed by atoms with van der Waals surface area (Å²) in [6.07, 6.45) is 0. The van der Waals surface area contributed by atoms with Crippen LogP contribution in [0.4, 0.5) is 0 Å².